The number of aliphatic hydroxyl groups is 1. The lowest BCUT2D eigenvalue weighted by atomic mass is 9.79. The fourth-order valence-corrected chi connectivity index (χ4v) is 2.93. The number of alkyl halides is 1. The molecule has 172 valence electrons. The summed E-state index contributed by atoms with van der Waals surface area (Å²) in [6, 6.07) is 0. The number of likely N-dealkylation sites (tertiary alicyclic amines) is 1. The SMILES string of the molecule is CC1(C(=O)O)CN(C(C)(C)C)CCC1=O.CCl.O=C(O)C1=C(O)CCN(C(=O)O)C1. The number of amides is 1. The highest BCUT2D eigenvalue weighted by Gasteiger charge is 2.47. The summed E-state index contributed by atoms with van der Waals surface area (Å²) < 4.78 is 0. The van der Waals surface area contributed by atoms with Crippen LogP contribution < -0.4 is 0 Å². The third kappa shape index (κ3) is 7.17. The Balaban J connectivity index is 0.000000522. The van der Waals surface area contributed by atoms with Crippen LogP contribution in [-0.4, -0.2) is 92.1 Å². The fraction of sp³-hybridized carbons (Fsp3) is 0.684. The molecule has 1 atom stereocenters. The van der Waals surface area contributed by atoms with Gasteiger partial charge in [-0.1, -0.05) is 0 Å². The highest BCUT2D eigenvalue weighted by Crippen LogP contribution is 2.30. The zero-order chi connectivity index (χ0) is 23.9. The first-order chi connectivity index (χ1) is 13.7. The van der Waals surface area contributed by atoms with Crippen molar-refractivity contribution in [2.24, 2.45) is 5.41 Å². The van der Waals surface area contributed by atoms with Crippen LogP contribution in [0, 0.1) is 5.41 Å². The number of hydrogen-bond acceptors (Lipinski definition) is 6. The van der Waals surface area contributed by atoms with E-state index in [-0.39, 0.29) is 42.2 Å². The van der Waals surface area contributed by atoms with Crippen molar-refractivity contribution in [3.8, 4) is 0 Å². The molecule has 2 heterocycles. The number of piperidine rings is 1. The summed E-state index contributed by atoms with van der Waals surface area (Å²) in [7, 11) is 0. The maximum absolute atomic E-state index is 11.6. The van der Waals surface area contributed by atoms with E-state index in [9.17, 15) is 19.2 Å². The van der Waals surface area contributed by atoms with Crippen LogP contribution in [0.3, 0.4) is 0 Å². The summed E-state index contributed by atoms with van der Waals surface area (Å²) in [5.74, 6) is -2.68. The number of aliphatic hydroxyl groups excluding tert-OH is 1. The van der Waals surface area contributed by atoms with Gasteiger partial charge >= 0.3 is 18.0 Å². The molecule has 2 rings (SSSR count). The minimum atomic E-state index is -1.27. The van der Waals surface area contributed by atoms with E-state index in [1.807, 2.05) is 20.8 Å². The van der Waals surface area contributed by atoms with Crippen LogP contribution in [0.15, 0.2) is 11.3 Å². The summed E-state index contributed by atoms with van der Waals surface area (Å²) in [4.78, 5) is 46.7. The van der Waals surface area contributed by atoms with Crippen molar-refractivity contribution in [3.05, 3.63) is 11.3 Å². The number of hydrogen-bond donors (Lipinski definition) is 4. The maximum atomic E-state index is 11.6. The van der Waals surface area contributed by atoms with Gasteiger partial charge in [0.25, 0.3) is 0 Å². The molecule has 0 bridgehead atoms. The number of nitrogens with zero attached hydrogens (tertiary/aromatic N) is 2. The predicted molar refractivity (Wildman–Crippen MR) is 110 cm³/mol. The fourth-order valence-electron chi connectivity index (χ4n) is 2.93. The van der Waals surface area contributed by atoms with Gasteiger partial charge in [0, 0.05) is 44.4 Å². The molecule has 30 heavy (non-hydrogen) atoms. The third-order valence-corrected chi connectivity index (χ3v) is 5.00. The van der Waals surface area contributed by atoms with Crippen molar-refractivity contribution in [1.82, 2.24) is 9.80 Å². The van der Waals surface area contributed by atoms with E-state index in [1.165, 1.54) is 13.3 Å². The van der Waals surface area contributed by atoms with Gasteiger partial charge in [0.2, 0.25) is 0 Å². The Labute approximate surface area is 180 Å². The van der Waals surface area contributed by atoms with Crippen LogP contribution in [0.4, 0.5) is 4.79 Å². The van der Waals surface area contributed by atoms with E-state index in [1.54, 1.807) is 0 Å². The molecule has 0 aromatic rings. The van der Waals surface area contributed by atoms with Gasteiger partial charge in [-0.3, -0.25) is 14.5 Å². The highest BCUT2D eigenvalue weighted by molar-refractivity contribution is 6.15. The van der Waals surface area contributed by atoms with Crippen molar-refractivity contribution in [2.75, 3.05) is 32.6 Å². The topological polar surface area (TPSA) is 156 Å². The van der Waals surface area contributed by atoms with Crippen LogP contribution in [0.5, 0.6) is 0 Å². The lowest BCUT2D eigenvalue weighted by molar-refractivity contribution is -0.159. The summed E-state index contributed by atoms with van der Waals surface area (Å²) in [5.41, 5.74) is -1.56. The number of aliphatic carboxylic acids is 2. The smallest absolute Gasteiger partial charge is 0.407 e. The number of ketones is 1. The van der Waals surface area contributed by atoms with E-state index in [0.29, 0.717) is 19.5 Å². The first-order valence-corrected chi connectivity index (χ1v) is 9.97. The first kappa shape index (κ1) is 27.7. The molecular weight excluding hydrogens is 420 g/mol. The molecule has 0 aliphatic carbocycles. The molecule has 10 nitrogen and oxygen atoms in total. The first-order valence-electron chi connectivity index (χ1n) is 9.22. The Hall–Kier alpha value is -2.33. The highest BCUT2D eigenvalue weighted by atomic mass is 35.5. The van der Waals surface area contributed by atoms with Crippen LogP contribution in [0.2, 0.25) is 0 Å². The Kier molecular flexibility index (Phi) is 10.3. The Bertz CT molecular complexity index is 701. The van der Waals surface area contributed by atoms with Crippen LogP contribution in [0.25, 0.3) is 0 Å². The normalized spacial score (nSPS) is 22.3. The van der Waals surface area contributed by atoms with Gasteiger partial charge in [-0.05, 0) is 27.7 Å². The second-order valence-corrected chi connectivity index (χ2v) is 8.09. The summed E-state index contributed by atoms with van der Waals surface area (Å²) in [6.45, 7) is 8.47. The zero-order valence-electron chi connectivity index (χ0n) is 17.9. The van der Waals surface area contributed by atoms with Crippen molar-refractivity contribution in [1.29, 1.82) is 0 Å². The molecule has 1 amide bonds. The van der Waals surface area contributed by atoms with E-state index >= 15 is 0 Å². The minimum absolute atomic E-state index is 0.0634. The van der Waals surface area contributed by atoms with Crippen LogP contribution in [0.1, 0.15) is 40.5 Å². The number of carbonyl (C=O) groups is 4. The van der Waals surface area contributed by atoms with Gasteiger partial charge in [0.05, 0.1) is 12.1 Å². The van der Waals surface area contributed by atoms with Crippen molar-refractivity contribution < 1.29 is 39.6 Å². The molecule has 0 aromatic carbocycles. The molecule has 11 heteroatoms. The number of carbonyl (C=O) groups excluding carboxylic acids is 1. The number of carboxylic acids is 2. The Morgan fingerprint density at radius 2 is 1.57 bits per heavy atom. The third-order valence-electron chi connectivity index (χ3n) is 5.00. The monoisotopic (exact) mass is 450 g/mol. The van der Waals surface area contributed by atoms with Crippen LogP contribution in [-0.2, 0) is 14.4 Å². The van der Waals surface area contributed by atoms with E-state index in [0.717, 1.165) is 4.90 Å². The van der Waals surface area contributed by atoms with Gasteiger partial charge in [0.15, 0.2) is 5.78 Å². The molecular formula is C19H31ClN2O8. The summed E-state index contributed by atoms with van der Waals surface area (Å²) >= 11 is 4.64. The molecule has 0 aromatic heterocycles. The number of Topliss-reactive ketones (excluding diaryl/α,β-unsaturated/α-hetero) is 1. The van der Waals surface area contributed by atoms with E-state index in [2.05, 4.69) is 16.5 Å². The molecule has 2 aliphatic heterocycles. The second-order valence-electron chi connectivity index (χ2n) is 8.09. The second kappa shape index (κ2) is 11.2. The predicted octanol–water partition coefficient (Wildman–Crippen LogP) is 2.27. The molecule has 0 radical (unpaired) electrons. The van der Waals surface area contributed by atoms with E-state index in [4.69, 9.17) is 20.4 Å². The maximum Gasteiger partial charge on any atom is 0.407 e. The Morgan fingerprint density at radius 1 is 1.03 bits per heavy atom. The minimum Gasteiger partial charge on any atom is -0.512 e. The standard InChI is InChI=1S/C11H19NO3.C7H9NO5.CH3Cl/c1-10(2,3)12-6-5-8(13)11(4,7-12)9(14)15;9-5-1-2-8(7(12)13)3-4(5)6(10)11;1-2/h5-7H2,1-4H3,(H,14,15);9H,1-3H2,(H,10,11)(H,12,13);1H3. The molecule has 1 saturated heterocycles. The molecule has 1 unspecified atom stereocenters. The molecule has 0 spiro atoms. The number of rotatable bonds is 2. The molecule has 4 N–H and O–H groups in total. The van der Waals surface area contributed by atoms with Crippen molar-refractivity contribution >= 4 is 35.4 Å². The average Bonchev–Trinajstić information content (AvgIpc) is 2.65. The van der Waals surface area contributed by atoms with Crippen molar-refractivity contribution in [3.63, 3.8) is 0 Å². The zero-order valence-corrected chi connectivity index (χ0v) is 18.7. The Morgan fingerprint density at radius 3 is 1.97 bits per heavy atom. The lowest BCUT2D eigenvalue weighted by Gasteiger charge is -2.43. The molecule has 0 saturated carbocycles. The number of halogens is 1. The van der Waals surface area contributed by atoms with Crippen LogP contribution >= 0.6 is 11.6 Å². The van der Waals surface area contributed by atoms with Gasteiger partial charge in [-0.2, -0.15) is 0 Å². The average molecular weight is 451 g/mol. The van der Waals surface area contributed by atoms with Gasteiger partial charge in [-0.15, -0.1) is 11.6 Å². The molecule has 1 fully saturated rings. The number of carboxylic acid groups (broad SMARTS) is 3. The quantitative estimate of drug-likeness (QED) is 0.366. The van der Waals surface area contributed by atoms with Crippen molar-refractivity contribution in [2.45, 2.75) is 46.1 Å². The summed E-state index contributed by atoms with van der Waals surface area (Å²) in [6.07, 6.45) is 0.694. The van der Waals surface area contributed by atoms with E-state index < -0.39 is 23.4 Å². The van der Waals surface area contributed by atoms with Gasteiger partial charge in [0.1, 0.15) is 11.2 Å². The summed E-state index contributed by atoms with van der Waals surface area (Å²) in [5, 5.41) is 35.3. The molecule has 2 aliphatic rings. The lowest BCUT2D eigenvalue weighted by Crippen LogP contribution is -2.57. The van der Waals surface area contributed by atoms with Gasteiger partial charge in [-0.25, -0.2) is 9.59 Å². The van der Waals surface area contributed by atoms with Gasteiger partial charge < -0.3 is 25.3 Å². The largest absolute Gasteiger partial charge is 0.512 e.